The lowest BCUT2D eigenvalue weighted by Gasteiger charge is -2.09. The van der Waals surface area contributed by atoms with E-state index in [0.717, 1.165) is 38.8 Å². The summed E-state index contributed by atoms with van der Waals surface area (Å²) in [6, 6.07) is 0. The highest BCUT2D eigenvalue weighted by molar-refractivity contribution is 6.16. The first-order valence-corrected chi connectivity index (χ1v) is 5.66. The number of nitrogens with one attached hydrogen (secondary N) is 1. The van der Waals surface area contributed by atoms with Gasteiger partial charge in [0.1, 0.15) is 0 Å². The Morgan fingerprint density at radius 1 is 1.06 bits per heavy atom. The molecule has 0 heterocycles. The zero-order valence-corrected chi connectivity index (χ0v) is 9.37. The van der Waals surface area contributed by atoms with Crippen LogP contribution in [0, 0.1) is 0 Å². The van der Waals surface area contributed by atoms with Crippen molar-refractivity contribution in [1.29, 1.82) is 0 Å². The molecule has 0 aliphatic heterocycles. The van der Waals surface area contributed by atoms with Crippen LogP contribution < -0.4 is 11.1 Å². The molecular weight excluding hydrogens is 204 g/mol. The molecule has 4 nitrogen and oxygen atoms in total. The molecule has 1 aliphatic rings. The summed E-state index contributed by atoms with van der Waals surface area (Å²) in [5.74, 6) is -0.258. The topological polar surface area (TPSA) is 72.2 Å². The van der Waals surface area contributed by atoms with Crippen LogP contribution in [0.5, 0.6) is 0 Å². The molecule has 0 radical (unpaired) electrons. The minimum Gasteiger partial charge on any atom is -0.382 e. The van der Waals surface area contributed by atoms with Gasteiger partial charge in [-0.1, -0.05) is 12.8 Å². The molecule has 0 saturated heterocycles. The molecule has 16 heavy (non-hydrogen) atoms. The van der Waals surface area contributed by atoms with Gasteiger partial charge in [-0.3, -0.25) is 9.59 Å². The van der Waals surface area contributed by atoms with Crippen LogP contribution in [-0.2, 0) is 9.59 Å². The molecule has 0 bridgehead atoms. The van der Waals surface area contributed by atoms with E-state index in [1.807, 2.05) is 0 Å². The normalized spacial score (nSPS) is 15.2. The van der Waals surface area contributed by atoms with E-state index in [0.29, 0.717) is 5.70 Å². The second-order valence-corrected chi connectivity index (χ2v) is 3.79. The summed E-state index contributed by atoms with van der Waals surface area (Å²) < 4.78 is 0. The van der Waals surface area contributed by atoms with Crippen molar-refractivity contribution in [3.05, 3.63) is 23.9 Å². The molecule has 4 heteroatoms. The highest BCUT2D eigenvalue weighted by atomic mass is 16.1. The summed E-state index contributed by atoms with van der Waals surface area (Å²) >= 11 is 0. The number of nitrogens with two attached hydrogens (primary N) is 1. The smallest absolute Gasteiger partial charge is 0.201 e. The molecule has 0 amide bonds. The van der Waals surface area contributed by atoms with Crippen LogP contribution in [0.1, 0.15) is 25.7 Å². The van der Waals surface area contributed by atoms with Crippen molar-refractivity contribution < 1.29 is 9.59 Å². The van der Waals surface area contributed by atoms with Gasteiger partial charge in [0.25, 0.3) is 0 Å². The van der Waals surface area contributed by atoms with Crippen molar-refractivity contribution in [3.8, 4) is 0 Å². The van der Waals surface area contributed by atoms with Gasteiger partial charge in [-0.15, -0.1) is 0 Å². The summed E-state index contributed by atoms with van der Waals surface area (Å²) in [5.41, 5.74) is 5.79. The van der Waals surface area contributed by atoms with Crippen LogP contribution in [-0.4, -0.2) is 24.7 Å². The maximum absolute atomic E-state index is 11.3. The molecule has 0 fully saturated rings. The Kier molecular flexibility index (Phi) is 5.50. The third-order valence-electron chi connectivity index (χ3n) is 2.40. The number of allylic oxidation sites excluding steroid dienone is 3. The van der Waals surface area contributed by atoms with E-state index in [2.05, 4.69) is 5.32 Å². The van der Waals surface area contributed by atoms with E-state index in [1.54, 1.807) is 0 Å². The number of rotatable bonds is 7. The third kappa shape index (κ3) is 4.40. The summed E-state index contributed by atoms with van der Waals surface area (Å²) in [6.45, 7) is 1.46. The largest absolute Gasteiger partial charge is 0.382 e. The maximum atomic E-state index is 11.3. The van der Waals surface area contributed by atoms with Crippen LogP contribution >= 0.6 is 0 Å². The molecule has 3 N–H and O–H groups in total. The number of unbranched alkanes of at least 4 members (excludes halogenated alkanes) is 3. The Morgan fingerprint density at radius 3 is 2.56 bits per heavy atom. The molecule has 88 valence electrons. The van der Waals surface area contributed by atoms with Gasteiger partial charge in [0.05, 0.1) is 5.70 Å². The standard InChI is InChI=1S/C12H18N2O2/c13-7-3-1-2-4-8-14-11-9-10(15)5-6-12(11)16/h5-6,9,14H,1-4,7-8,13H2. The highest BCUT2D eigenvalue weighted by Crippen LogP contribution is 2.03. The van der Waals surface area contributed by atoms with E-state index in [9.17, 15) is 9.59 Å². The van der Waals surface area contributed by atoms with Gasteiger partial charge in [-0.25, -0.2) is 0 Å². The van der Waals surface area contributed by atoms with Gasteiger partial charge in [0.2, 0.25) is 5.78 Å². The molecule has 0 aromatic rings. The quantitative estimate of drug-likeness (QED) is 0.491. The van der Waals surface area contributed by atoms with Crippen LogP contribution in [0.3, 0.4) is 0 Å². The molecule has 0 aromatic carbocycles. The Balaban J connectivity index is 2.17. The molecular formula is C12H18N2O2. The van der Waals surface area contributed by atoms with Gasteiger partial charge in [-0.2, -0.15) is 0 Å². The van der Waals surface area contributed by atoms with E-state index in [1.165, 1.54) is 18.2 Å². The number of carbonyl (C=O) groups excluding carboxylic acids is 2. The predicted molar refractivity (Wildman–Crippen MR) is 62.8 cm³/mol. The SMILES string of the molecule is NCCCCCCNC1=CC(=O)C=CC1=O. The fourth-order valence-electron chi connectivity index (χ4n) is 1.49. The van der Waals surface area contributed by atoms with Crippen molar-refractivity contribution in [2.75, 3.05) is 13.1 Å². The second-order valence-electron chi connectivity index (χ2n) is 3.79. The first-order valence-electron chi connectivity index (χ1n) is 5.66. The first-order chi connectivity index (χ1) is 7.74. The van der Waals surface area contributed by atoms with Crippen LogP contribution in [0.15, 0.2) is 23.9 Å². The van der Waals surface area contributed by atoms with Crippen LogP contribution in [0.4, 0.5) is 0 Å². The minimum absolute atomic E-state index is 0.124. The van der Waals surface area contributed by atoms with E-state index >= 15 is 0 Å². The van der Waals surface area contributed by atoms with E-state index in [4.69, 9.17) is 5.73 Å². The van der Waals surface area contributed by atoms with Gasteiger partial charge in [0, 0.05) is 12.6 Å². The summed E-state index contributed by atoms with van der Waals surface area (Å²) in [6.07, 6.45) is 8.18. The summed E-state index contributed by atoms with van der Waals surface area (Å²) in [7, 11) is 0. The van der Waals surface area contributed by atoms with Crippen molar-refractivity contribution in [1.82, 2.24) is 5.32 Å². The van der Waals surface area contributed by atoms with E-state index < -0.39 is 0 Å². The fourth-order valence-corrected chi connectivity index (χ4v) is 1.49. The molecule has 0 saturated carbocycles. The maximum Gasteiger partial charge on any atom is 0.201 e. The Morgan fingerprint density at radius 2 is 1.81 bits per heavy atom. The van der Waals surface area contributed by atoms with Crippen molar-refractivity contribution in [3.63, 3.8) is 0 Å². The van der Waals surface area contributed by atoms with Crippen molar-refractivity contribution in [2.24, 2.45) is 5.73 Å². The summed E-state index contributed by atoms with van der Waals surface area (Å²) in [5, 5.41) is 2.99. The first kappa shape index (κ1) is 12.6. The molecule has 1 aliphatic carbocycles. The highest BCUT2D eigenvalue weighted by Gasteiger charge is 2.11. The second kappa shape index (κ2) is 6.95. The van der Waals surface area contributed by atoms with Gasteiger partial charge in [0.15, 0.2) is 5.78 Å². The average Bonchev–Trinajstić information content (AvgIpc) is 2.28. The number of carbonyl (C=O) groups is 2. The van der Waals surface area contributed by atoms with Gasteiger partial charge >= 0.3 is 0 Å². The fraction of sp³-hybridized carbons (Fsp3) is 0.500. The lowest BCUT2D eigenvalue weighted by Crippen LogP contribution is -2.23. The lowest BCUT2D eigenvalue weighted by atomic mass is 10.1. The number of ketones is 2. The lowest BCUT2D eigenvalue weighted by molar-refractivity contribution is -0.114. The van der Waals surface area contributed by atoms with Gasteiger partial charge in [-0.05, 0) is 31.5 Å². The Labute approximate surface area is 95.6 Å². The van der Waals surface area contributed by atoms with Crippen LogP contribution in [0.2, 0.25) is 0 Å². The Bertz CT molecular complexity index is 319. The minimum atomic E-state index is -0.134. The van der Waals surface area contributed by atoms with E-state index in [-0.39, 0.29) is 11.6 Å². The average molecular weight is 222 g/mol. The zero-order valence-electron chi connectivity index (χ0n) is 9.37. The number of hydrogen-bond donors (Lipinski definition) is 2. The molecule has 0 spiro atoms. The zero-order chi connectivity index (χ0) is 11.8. The predicted octanol–water partition coefficient (Wildman–Crippen LogP) is 0.687. The molecule has 0 unspecified atom stereocenters. The monoisotopic (exact) mass is 222 g/mol. The number of hydrogen-bond acceptors (Lipinski definition) is 4. The molecule has 0 aromatic heterocycles. The Hall–Kier alpha value is -1.42. The molecule has 1 rings (SSSR count). The molecule has 0 atom stereocenters. The van der Waals surface area contributed by atoms with Gasteiger partial charge < -0.3 is 11.1 Å². The van der Waals surface area contributed by atoms with Crippen LogP contribution in [0.25, 0.3) is 0 Å². The summed E-state index contributed by atoms with van der Waals surface area (Å²) in [4.78, 5) is 22.3. The van der Waals surface area contributed by atoms with Crippen molar-refractivity contribution >= 4 is 11.6 Å². The third-order valence-corrected chi connectivity index (χ3v) is 2.40. The van der Waals surface area contributed by atoms with Crippen molar-refractivity contribution in [2.45, 2.75) is 25.7 Å².